The first-order chi connectivity index (χ1) is 16.3. The first-order valence-electron chi connectivity index (χ1n) is 11.5. The monoisotopic (exact) mass is 466 g/mol. The zero-order chi connectivity index (χ0) is 24.0. The van der Waals surface area contributed by atoms with Crippen LogP contribution in [-0.2, 0) is 10.2 Å². The van der Waals surface area contributed by atoms with Crippen molar-refractivity contribution in [3.05, 3.63) is 62.7 Å². The van der Waals surface area contributed by atoms with Gasteiger partial charge in [-0.15, -0.1) is 0 Å². The quantitative estimate of drug-likeness (QED) is 0.379. The fraction of sp³-hybridized carbons (Fsp3) is 0.440. The van der Waals surface area contributed by atoms with Crippen molar-refractivity contribution in [1.29, 1.82) is 0 Å². The molecule has 0 radical (unpaired) electrons. The van der Waals surface area contributed by atoms with Gasteiger partial charge < -0.3 is 19.1 Å². The summed E-state index contributed by atoms with van der Waals surface area (Å²) in [5.74, 6) is 0.325. The van der Waals surface area contributed by atoms with E-state index in [9.17, 15) is 19.7 Å². The molecule has 2 heterocycles. The maximum atomic E-state index is 13.8. The Bertz CT molecular complexity index is 1190. The predicted octanol–water partition coefficient (Wildman–Crippen LogP) is 4.18. The van der Waals surface area contributed by atoms with Gasteiger partial charge in [-0.25, -0.2) is 4.79 Å². The SMILES string of the molecule is COC(=O)c1cc(C(=O)N2CC3(CCCC3)c3cc4c(cc3[C@@H]2C)OCCO4)cc([N+](=O)[O-])c1. The molecule has 0 unspecified atom stereocenters. The number of nitro groups is 1. The van der Waals surface area contributed by atoms with Crippen molar-refractivity contribution >= 4 is 17.6 Å². The minimum atomic E-state index is -0.731. The Kier molecular flexibility index (Phi) is 5.42. The Labute approximate surface area is 196 Å². The molecule has 1 atom stereocenters. The number of nitrogens with zero attached hydrogens (tertiary/aromatic N) is 2. The summed E-state index contributed by atoms with van der Waals surface area (Å²) in [7, 11) is 1.20. The van der Waals surface area contributed by atoms with E-state index in [0.717, 1.165) is 43.1 Å². The molecule has 1 saturated carbocycles. The van der Waals surface area contributed by atoms with E-state index >= 15 is 0 Å². The van der Waals surface area contributed by atoms with Crippen molar-refractivity contribution in [2.45, 2.75) is 44.1 Å². The summed E-state index contributed by atoms with van der Waals surface area (Å²) in [6.07, 6.45) is 4.01. The number of rotatable bonds is 3. The van der Waals surface area contributed by atoms with Crippen molar-refractivity contribution < 1.29 is 28.7 Å². The van der Waals surface area contributed by atoms with Crippen LogP contribution in [0, 0.1) is 10.1 Å². The molecule has 0 aromatic heterocycles. The molecule has 1 fully saturated rings. The lowest BCUT2D eigenvalue weighted by Gasteiger charge is -2.46. The molecular formula is C25H26N2O7. The minimum absolute atomic E-state index is 0.0275. The number of non-ortho nitro benzene ring substituents is 1. The van der Waals surface area contributed by atoms with Crippen LogP contribution in [0.25, 0.3) is 0 Å². The molecule has 0 bridgehead atoms. The number of nitro benzene ring substituents is 1. The zero-order valence-corrected chi connectivity index (χ0v) is 19.2. The van der Waals surface area contributed by atoms with Crippen LogP contribution >= 0.6 is 0 Å². The van der Waals surface area contributed by atoms with Crippen molar-refractivity contribution in [3.63, 3.8) is 0 Å². The van der Waals surface area contributed by atoms with Gasteiger partial charge >= 0.3 is 5.97 Å². The molecule has 5 rings (SSSR count). The predicted molar refractivity (Wildman–Crippen MR) is 121 cm³/mol. The first-order valence-corrected chi connectivity index (χ1v) is 11.5. The van der Waals surface area contributed by atoms with Gasteiger partial charge in [0.25, 0.3) is 11.6 Å². The highest BCUT2D eigenvalue weighted by molar-refractivity contribution is 5.99. The topological polar surface area (TPSA) is 108 Å². The summed E-state index contributed by atoms with van der Waals surface area (Å²) in [6.45, 7) is 3.43. The average molecular weight is 466 g/mol. The molecule has 1 amide bonds. The molecule has 2 aliphatic heterocycles. The molecule has 0 saturated heterocycles. The first kappa shape index (κ1) is 22.2. The molecule has 2 aromatic rings. The summed E-state index contributed by atoms with van der Waals surface area (Å²) in [5, 5.41) is 11.5. The number of benzene rings is 2. The van der Waals surface area contributed by atoms with Gasteiger partial charge in [0.05, 0.1) is 23.6 Å². The number of hydrogen-bond donors (Lipinski definition) is 0. The van der Waals surface area contributed by atoms with E-state index in [4.69, 9.17) is 14.2 Å². The summed E-state index contributed by atoms with van der Waals surface area (Å²) < 4.78 is 16.4. The smallest absolute Gasteiger partial charge is 0.338 e. The fourth-order valence-electron chi connectivity index (χ4n) is 5.59. The van der Waals surface area contributed by atoms with E-state index in [1.54, 1.807) is 4.90 Å². The van der Waals surface area contributed by atoms with Crippen molar-refractivity contribution in [2.24, 2.45) is 0 Å². The van der Waals surface area contributed by atoms with E-state index in [1.165, 1.54) is 24.8 Å². The third-order valence-corrected chi connectivity index (χ3v) is 7.29. The molecule has 9 nitrogen and oxygen atoms in total. The average Bonchev–Trinajstić information content (AvgIpc) is 3.33. The molecule has 0 N–H and O–H groups in total. The number of esters is 1. The van der Waals surface area contributed by atoms with E-state index in [-0.39, 0.29) is 34.2 Å². The van der Waals surface area contributed by atoms with Gasteiger partial charge in [0.1, 0.15) is 13.2 Å². The summed E-state index contributed by atoms with van der Waals surface area (Å²) in [4.78, 5) is 38.5. The fourth-order valence-corrected chi connectivity index (χ4v) is 5.59. The molecule has 34 heavy (non-hydrogen) atoms. The Morgan fingerprint density at radius 2 is 1.71 bits per heavy atom. The molecule has 9 heteroatoms. The van der Waals surface area contributed by atoms with Crippen LogP contribution in [0.15, 0.2) is 30.3 Å². The normalized spacial score (nSPS) is 20.1. The Balaban J connectivity index is 1.59. The third-order valence-electron chi connectivity index (χ3n) is 7.29. The van der Waals surface area contributed by atoms with E-state index in [0.29, 0.717) is 25.5 Å². The summed E-state index contributed by atoms with van der Waals surface area (Å²) in [6, 6.07) is 7.48. The van der Waals surface area contributed by atoms with Gasteiger partial charge in [0, 0.05) is 29.7 Å². The standard InChI is InChI=1S/C25H26N2O7/c1-15-19-12-21-22(34-8-7-33-21)13-20(19)25(5-3-4-6-25)14-26(15)23(28)16-9-17(24(29)32-2)11-18(10-16)27(30)31/h9-13,15H,3-8,14H2,1-2H3/t15-/m0/s1. The second kappa shape index (κ2) is 8.30. The number of hydrogen-bond acceptors (Lipinski definition) is 7. The van der Waals surface area contributed by atoms with Crippen LogP contribution < -0.4 is 9.47 Å². The number of carbonyl (C=O) groups excluding carboxylic acids is 2. The maximum absolute atomic E-state index is 13.8. The van der Waals surface area contributed by atoms with E-state index < -0.39 is 10.9 Å². The van der Waals surface area contributed by atoms with Gasteiger partial charge in [-0.1, -0.05) is 12.8 Å². The molecule has 1 spiro atoms. The number of ether oxygens (including phenoxy) is 3. The van der Waals surface area contributed by atoms with Gasteiger partial charge in [-0.3, -0.25) is 14.9 Å². The molecular weight excluding hydrogens is 440 g/mol. The van der Waals surface area contributed by atoms with Crippen molar-refractivity contribution in [1.82, 2.24) is 4.90 Å². The van der Waals surface area contributed by atoms with Crippen molar-refractivity contribution in [3.8, 4) is 11.5 Å². The highest BCUT2D eigenvalue weighted by Gasteiger charge is 2.46. The van der Waals surface area contributed by atoms with Crippen molar-refractivity contribution in [2.75, 3.05) is 26.9 Å². The number of fused-ring (bicyclic) bond motifs is 3. The Morgan fingerprint density at radius 3 is 2.35 bits per heavy atom. The van der Waals surface area contributed by atoms with Gasteiger partial charge in [-0.2, -0.15) is 0 Å². The largest absolute Gasteiger partial charge is 0.486 e. The van der Waals surface area contributed by atoms with Crippen LogP contribution in [0.4, 0.5) is 5.69 Å². The lowest BCUT2D eigenvalue weighted by molar-refractivity contribution is -0.384. The second-order valence-electron chi connectivity index (χ2n) is 9.20. The molecule has 178 valence electrons. The third kappa shape index (κ3) is 3.55. The van der Waals surface area contributed by atoms with Crippen LogP contribution in [0.3, 0.4) is 0 Å². The maximum Gasteiger partial charge on any atom is 0.338 e. The number of carbonyl (C=O) groups is 2. The van der Waals surface area contributed by atoms with Gasteiger partial charge in [0.2, 0.25) is 0 Å². The van der Waals surface area contributed by atoms with Crippen LogP contribution in [0.1, 0.15) is 70.5 Å². The highest BCUT2D eigenvalue weighted by atomic mass is 16.6. The number of amides is 1. The summed E-state index contributed by atoms with van der Waals surface area (Å²) >= 11 is 0. The zero-order valence-electron chi connectivity index (χ0n) is 19.2. The lowest BCUT2D eigenvalue weighted by atomic mass is 9.71. The molecule has 1 aliphatic carbocycles. The van der Waals surface area contributed by atoms with Gasteiger partial charge in [0.15, 0.2) is 11.5 Å². The second-order valence-corrected chi connectivity index (χ2v) is 9.20. The van der Waals surface area contributed by atoms with E-state index in [1.807, 2.05) is 13.0 Å². The minimum Gasteiger partial charge on any atom is -0.486 e. The molecule has 2 aromatic carbocycles. The number of methoxy groups -OCH3 is 1. The Hall–Kier alpha value is -3.62. The van der Waals surface area contributed by atoms with Crippen LogP contribution in [-0.4, -0.2) is 48.6 Å². The van der Waals surface area contributed by atoms with E-state index in [2.05, 4.69) is 6.07 Å². The lowest BCUT2D eigenvalue weighted by Crippen LogP contribution is -2.48. The van der Waals surface area contributed by atoms with Gasteiger partial charge in [-0.05, 0) is 49.1 Å². The van der Waals surface area contributed by atoms with Crippen LogP contribution in [0.5, 0.6) is 11.5 Å². The highest BCUT2D eigenvalue weighted by Crippen LogP contribution is 2.52. The Morgan fingerprint density at radius 1 is 1.06 bits per heavy atom. The summed E-state index contributed by atoms with van der Waals surface area (Å²) in [5.41, 5.74) is 1.73. The molecule has 3 aliphatic rings. The van der Waals surface area contributed by atoms with Crippen LogP contribution in [0.2, 0.25) is 0 Å².